The van der Waals surface area contributed by atoms with Gasteiger partial charge in [0.05, 0.1) is 34.1 Å². The van der Waals surface area contributed by atoms with Crippen molar-refractivity contribution >= 4 is 89.4 Å². The molecule has 0 amide bonds. The van der Waals surface area contributed by atoms with E-state index >= 15 is 0 Å². The van der Waals surface area contributed by atoms with Gasteiger partial charge in [0.25, 0.3) is 0 Å². The molecule has 0 fully saturated rings. The van der Waals surface area contributed by atoms with Crippen molar-refractivity contribution in [3.05, 3.63) is 168 Å². The van der Waals surface area contributed by atoms with Gasteiger partial charge in [-0.1, -0.05) is 138 Å². The summed E-state index contributed by atoms with van der Waals surface area (Å²) in [5, 5.41) is 7.24. The van der Waals surface area contributed by atoms with Crippen LogP contribution in [0.15, 0.2) is 160 Å². The van der Waals surface area contributed by atoms with Crippen molar-refractivity contribution in [2.75, 3.05) is 9.80 Å². The quantitative estimate of drug-likeness (QED) is 0.167. The Hall–Kier alpha value is -5.97. The summed E-state index contributed by atoms with van der Waals surface area (Å²) in [4.78, 5) is 7.64. The fraction of sp³-hybridized carbons (Fsp3) is 0.170. The van der Waals surface area contributed by atoms with Crippen LogP contribution in [0.5, 0.6) is 0 Å². The summed E-state index contributed by atoms with van der Waals surface area (Å²) >= 11 is 1.86. The molecule has 0 atom stereocenters. The van der Waals surface area contributed by atoms with Crippen molar-refractivity contribution in [2.45, 2.75) is 68.6 Å². The van der Waals surface area contributed by atoms with Crippen molar-refractivity contribution in [3.8, 4) is 0 Å². The average molecular weight is 757 g/mol. The average Bonchev–Trinajstić information content (AvgIpc) is 3.59. The lowest BCUT2D eigenvalue weighted by Crippen LogP contribution is -2.30. The molecule has 0 N–H and O–H groups in total. The number of hydrogen-bond donors (Lipinski definition) is 0. The Bertz CT molecular complexity index is 3070. The van der Waals surface area contributed by atoms with Crippen LogP contribution in [0.4, 0.5) is 34.1 Å². The fourth-order valence-corrected chi connectivity index (χ4v) is 10.6. The SMILES string of the molecule is CC(C)c1ccc2c(N3c4ccccc4C(C)(C)c4cc5c(cc43)oc3ccccc35)c3cc(C(C)C)ccc3c(N3c4ccccc4Sc4ccccc43)c2c1. The Morgan fingerprint density at radius 1 is 0.439 bits per heavy atom. The molecule has 0 radical (unpaired) electrons. The van der Waals surface area contributed by atoms with Crippen molar-refractivity contribution in [1.29, 1.82) is 0 Å². The number of fused-ring (bicyclic) bond motifs is 9. The zero-order chi connectivity index (χ0) is 38.7. The van der Waals surface area contributed by atoms with E-state index in [1.165, 1.54) is 82.0 Å². The number of nitrogens with zero attached hydrogens (tertiary/aromatic N) is 2. The Kier molecular flexibility index (Phi) is 7.53. The minimum Gasteiger partial charge on any atom is -0.456 e. The monoisotopic (exact) mass is 756 g/mol. The molecule has 4 heteroatoms. The largest absolute Gasteiger partial charge is 0.456 e. The summed E-state index contributed by atoms with van der Waals surface area (Å²) in [7, 11) is 0. The van der Waals surface area contributed by atoms with E-state index < -0.39 is 0 Å². The molecule has 0 unspecified atom stereocenters. The molecule has 0 saturated carbocycles. The summed E-state index contributed by atoms with van der Waals surface area (Å²) in [6, 6.07) is 54.5. The maximum atomic E-state index is 6.66. The maximum absolute atomic E-state index is 6.66. The summed E-state index contributed by atoms with van der Waals surface area (Å²) in [6.45, 7) is 14.0. The number of para-hydroxylation sites is 4. The van der Waals surface area contributed by atoms with Gasteiger partial charge < -0.3 is 14.2 Å². The summed E-state index contributed by atoms with van der Waals surface area (Å²) in [6.07, 6.45) is 0. The standard InChI is InChI=1S/C53H44N2OS/c1-31(2)33-24-26-37-39(27-33)51(54-43-17-9-8-16-41(43)53(5,6)42-29-38-35-15-7-12-20-47(35)56-48(38)30-46(42)54)36-25-23-34(32(3)4)28-40(36)52(37)55-44-18-10-13-21-49(44)57-50-22-14-11-19-45(50)55/h7-32H,1-6H3. The highest BCUT2D eigenvalue weighted by Crippen LogP contribution is 2.60. The normalized spacial score (nSPS) is 14.5. The molecule has 2 aliphatic rings. The first-order valence-electron chi connectivity index (χ1n) is 20.2. The van der Waals surface area contributed by atoms with E-state index in [-0.39, 0.29) is 5.41 Å². The van der Waals surface area contributed by atoms with E-state index in [4.69, 9.17) is 4.42 Å². The highest BCUT2D eigenvalue weighted by atomic mass is 32.2. The molecule has 11 rings (SSSR count). The molecular weight excluding hydrogens is 713 g/mol. The Labute approximate surface area is 338 Å². The number of hydrogen-bond acceptors (Lipinski definition) is 4. The van der Waals surface area contributed by atoms with Gasteiger partial charge in [0.2, 0.25) is 0 Å². The van der Waals surface area contributed by atoms with Gasteiger partial charge in [-0.15, -0.1) is 0 Å². The third-order valence-corrected chi connectivity index (χ3v) is 13.7. The van der Waals surface area contributed by atoms with E-state index in [1.807, 2.05) is 11.8 Å². The van der Waals surface area contributed by atoms with Gasteiger partial charge in [-0.25, -0.2) is 0 Å². The van der Waals surface area contributed by atoms with Crippen molar-refractivity contribution in [2.24, 2.45) is 0 Å². The molecule has 0 saturated heterocycles. The molecule has 1 aromatic heterocycles. The zero-order valence-electron chi connectivity index (χ0n) is 33.2. The van der Waals surface area contributed by atoms with Gasteiger partial charge in [0.1, 0.15) is 11.2 Å². The van der Waals surface area contributed by atoms with Crippen LogP contribution in [0.1, 0.15) is 75.6 Å². The lowest BCUT2D eigenvalue weighted by atomic mass is 9.73. The van der Waals surface area contributed by atoms with Crippen LogP contribution < -0.4 is 9.80 Å². The van der Waals surface area contributed by atoms with Crippen LogP contribution in [0.25, 0.3) is 43.5 Å². The lowest BCUT2D eigenvalue weighted by molar-refractivity contribution is 0.631. The molecule has 57 heavy (non-hydrogen) atoms. The Balaban J connectivity index is 1.32. The number of anilines is 6. The molecule has 0 bridgehead atoms. The van der Waals surface area contributed by atoms with Gasteiger partial charge in [-0.3, -0.25) is 0 Å². The Morgan fingerprint density at radius 2 is 0.965 bits per heavy atom. The summed E-state index contributed by atoms with van der Waals surface area (Å²) in [5.74, 6) is 0.715. The molecule has 9 aromatic rings. The van der Waals surface area contributed by atoms with Crippen LogP contribution in [0.3, 0.4) is 0 Å². The van der Waals surface area contributed by atoms with Crippen molar-refractivity contribution < 1.29 is 4.42 Å². The second kappa shape index (κ2) is 12.5. The van der Waals surface area contributed by atoms with Crippen LogP contribution in [0.2, 0.25) is 0 Å². The zero-order valence-corrected chi connectivity index (χ0v) is 34.0. The van der Waals surface area contributed by atoms with E-state index in [1.54, 1.807) is 0 Å². The van der Waals surface area contributed by atoms with Crippen LogP contribution in [0, 0.1) is 0 Å². The summed E-state index contributed by atoms with van der Waals surface area (Å²) < 4.78 is 6.66. The van der Waals surface area contributed by atoms with Gasteiger partial charge >= 0.3 is 0 Å². The van der Waals surface area contributed by atoms with Gasteiger partial charge in [-0.05, 0) is 88.7 Å². The Morgan fingerprint density at radius 3 is 1.58 bits per heavy atom. The number of rotatable bonds is 4. The highest BCUT2D eigenvalue weighted by molar-refractivity contribution is 7.99. The van der Waals surface area contributed by atoms with Crippen LogP contribution >= 0.6 is 11.8 Å². The van der Waals surface area contributed by atoms with Crippen LogP contribution in [-0.4, -0.2) is 0 Å². The van der Waals surface area contributed by atoms with Gasteiger partial charge in [-0.2, -0.15) is 0 Å². The predicted molar refractivity (Wildman–Crippen MR) is 243 cm³/mol. The lowest BCUT2D eigenvalue weighted by Gasteiger charge is -2.43. The van der Waals surface area contributed by atoms with Gasteiger partial charge in [0, 0.05) is 53.6 Å². The molecule has 8 aromatic carbocycles. The van der Waals surface area contributed by atoms with Gasteiger partial charge in [0.15, 0.2) is 0 Å². The molecule has 3 nitrogen and oxygen atoms in total. The van der Waals surface area contributed by atoms with Crippen molar-refractivity contribution in [3.63, 3.8) is 0 Å². The molecule has 278 valence electrons. The number of furan rings is 1. The highest BCUT2D eigenvalue weighted by Gasteiger charge is 2.39. The topological polar surface area (TPSA) is 19.6 Å². The molecule has 0 aliphatic carbocycles. The molecular formula is C53H44N2OS. The minimum absolute atomic E-state index is 0.257. The number of benzene rings is 8. The fourth-order valence-electron chi connectivity index (χ4n) is 9.52. The first-order chi connectivity index (χ1) is 27.7. The third kappa shape index (κ3) is 4.99. The molecule has 3 heterocycles. The molecule has 0 spiro atoms. The predicted octanol–water partition coefficient (Wildman–Crippen LogP) is 16.2. The summed E-state index contributed by atoms with van der Waals surface area (Å²) in [5.41, 5.74) is 14.0. The third-order valence-electron chi connectivity index (χ3n) is 12.5. The van der Waals surface area contributed by atoms with E-state index in [2.05, 4.69) is 197 Å². The van der Waals surface area contributed by atoms with E-state index in [0.717, 1.165) is 27.6 Å². The maximum Gasteiger partial charge on any atom is 0.137 e. The second-order valence-corrected chi connectivity index (χ2v) is 18.0. The first kappa shape index (κ1) is 34.3. The van der Waals surface area contributed by atoms with E-state index in [0.29, 0.717) is 11.8 Å². The van der Waals surface area contributed by atoms with E-state index in [9.17, 15) is 0 Å². The smallest absolute Gasteiger partial charge is 0.137 e. The van der Waals surface area contributed by atoms with Crippen LogP contribution in [-0.2, 0) is 5.41 Å². The molecule has 2 aliphatic heterocycles. The van der Waals surface area contributed by atoms with Crippen molar-refractivity contribution in [1.82, 2.24) is 0 Å². The first-order valence-corrected chi connectivity index (χ1v) is 21.1. The second-order valence-electron chi connectivity index (χ2n) is 16.9. The minimum atomic E-state index is -0.257.